The van der Waals surface area contributed by atoms with Crippen molar-refractivity contribution in [1.82, 2.24) is 20.2 Å². The molecule has 3 heterocycles. The van der Waals surface area contributed by atoms with E-state index in [4.69, 9.17) is 4.74 Å². The number of carbonyl (C=O) groups is 1. The van der Waals surface area contributed by atoms with Gasteiger partial charge in [0.05, 0.1) is 16.3 Å². The number of nitrogens with one attached hydrogen (secondary N) is 1. The summed E-state index contributed by atoms with van der Waals surface area (Å²) < 4.78 is 7.11. The van der Waals surface area contributed by atoms with Gasteiger partial charge in [-0.3, -0.25) is 0 Å². The van der Waals surface area contributed by atoms with E-state index in [0.29, 0.717) is 35.9 Å². The summed E-state index contributed by atoms with van der Waals surface area (Å²) in [6.07, 6.45) is 7.77. The topological polar surface area (TPSA) is 113 Å². The van der Waals surface area contributed by atoms with Crippen molar-refractivity contribution >= 4 is 60.8 Å². The van der Waals surface area contributed by atoms with Gasteiger partial charge in [-0.15, -0.1) is 21.5 Å². The van der Waals surface area contributed by atoms with E-state index < -0.39 is 5.97 Å². The standard InChI is InChI=1S/C26H30N6O3S2/c1-16-15-21(30-31-23(16)29-25-27-18-11-6-7-12-19(18)36-25)32(2)26-28-22(24(33)34)20(37-26)13-8-14-35-17-9-4-3-5-10-17/h6-7,11-12,15,17H,3-5,8-10,13-14H2,1-2H3,(H,33,34)(H,27,29,31). The maximum atomic E-state index is 11.9. The molecule has 5 rings (SSSR count). The van der Waals surface area contributed by atoms with E-state index in [1.807, 2.05) is 44.3 Å². The quantitative estimate of drug-likeness (QED) is 0.223. The van der Waals surface area contributed by atoms with Crippen LogP contribution in [0, 0.1) is 6.92 Å². The summed E-state index contributed by atoms with van der Waals surface area (Å²) in [7, 11) is 1.82. The molecule has 1 saturated carbocycles. The Morgan fingerprint density at radius 1 is 1.16 bits per heavy atom. The van der Waals surface area contributed by atoms with Gasteiger partial charge in [0.2, 0.25) is 0 Å². The number of rotatable bonds is 10. The van der Waals surface area contributed by atoms with Crippen LogP contribution < -0.4 is 10.2 Å². The van der Waals surface area contributed by atoms with Crippen LogP contribution >= 0.6 is 22.7 Å². The van der Waals surface area contributed by atoms with E-state index in [0.717, 1.165) is 45.1 Å². The molecule has 1 aliphatic carbocycles. The molecule has 1 aliphatic rings. The Kier molecular flexibility index (Phi) is 7.92. The van der Waals surface area contributed by atoms with Crippen molar-refractivity contribution < 1.29 is 14.6 Å². The third-order valence-corrected chi connectivity index (χ3v) is 8.61. The molecule has 0 aliphatic heterocycles. The number of fused-ring (bicyclic) bond motifs is 1. The Morgan fingerprint density at radius 2 is 1.97 bits per heavy atom. The van der Waals surface area contributed by atoms with Crippen LogP contribution in [0.3, 0.4) is 0 Å². The highest BCUT2D eigenvalue weighted by molar-refractivity contribution is 7.22. The number of benzene rings is 1. The molecular weight excluding hydrogens is 508 g/mol. The van der Waals surface area contributed by atoms with Gasteiger partial charge in [-0.05, 0) is 56.4 Å². The molecule has 0 amide bonds. The lowest BCUT2D eigenvalue weighted by Crippen LogP contribution is -2.17. The fraction of sp³-hybridized carbons (Fsp3) is 0.423. The fourth-order valence-electron chi connectivity index (χ4n) is 4.42. The number of carboxylic acid groups (broad SMARTS) is 1. The van der Waals surface area contributed by atoms with Crippen LogP contribution in [-0.4, -0.2) is 51.0 Å². The highest BCUT2D eigenvalue weighted by Gasteiger charge is 2.21. The maximum absolute atomic E-state index is 11.9. The van der Waals surface area contributed by atoms with Crippen molar-refractivity contribution in [3.63, 3.8) is 0 Å². The van der Waals surface area contributed by atoms with E-state index in [9.17, 15) is 9.90 Å². The number of carboxylic acids is 1. The third kappa shape index (κ3) is 6.06. The molecule has 0 atom stereocenters. The fourth-order valence-corrected chi connectivity index (χ4v) is 6.35. The van der Waals surface area contributed by atoms with Gasteiger partial charge in [0.15, 0.2) is 27.6 Å². The molecule has 1 aromatic carbocycles. The summed E-state index contributed by atoms with van der Waals surface area (Å²) in [6, 6.07) is 9.87. The lowest BCUT2D eigenvalue weighted by molar-refractivity contribution is 0.0273. The van der Waals surface area contributed by atoms with E-state index in [-0.39, 0.29) is 5.69 Å². The average Bonchev–Trinajstić information content (AvgIpc) is 3.52. The molecule has 1 fully saturated rings. The van der Waals surface area contributed by atoms with Crippen LogP contribution in [0.5, 0.6) is 0 Å². The average molecular weight is 539 g/mol. The molecule has 2 N–H and O–H groups in total. The van der Waals surface area contributed by atoms with Crippen molar-refractivity contribution in [2.24, 2.45) is 0 Å². The molecule has 9 nitrogen and oxygen atoms in total. The predicted octanol–water partition coefficient (Wildman–Crippen LogP) is 6.34. The van der Waals surface area contributed by atoms with Gasteiger partial charge in [0.25, 0.3) is 0 Å². The first-order valence-corrected chi connectivity index (χ1v) is 14.2. The lowest BCUT2D eigenvalue weighted by Gasteiger charge is -2.21. The van der Waals surface area contributed by atoms with Crippen LogP contribution in [0.15, 0.2) is 30.3 Å². The highest BCUT2D eigenvalue weighted by atomic mass is 32.1. The summed E-state index contributed by atoms with van der Waals surface area (Å²) in [5.41, 5.74) is 1.93. The minimum atomic E-state index is -1.02. The molecule has 11 heteroatoms. The van der Waals surface area contributed by atoms with Crippen molar-refractivity contribution in [3.05, 3.63) is 46.5 Å². The Labute approximate surface area is 223 Å². The third-order valence-electron chi connectivity index (χ3n) is 6.46. The van der Waals surface area contributed by atoms with Gasteiger partial charge in [-0.25, -0.2) is 14.8 Å². The monoisotopic (exact) mass is 538 g/mol. The number of nitrogens with zero attached hydrogens (tertiary/aromatic N) is 5. The number of hydrogen-bond donors (Lipinski definition) is 2. The lowest BCUT2D eigenvalue weighted by atomic mass is 9.98. The first-order chi connectivity index (χ1) is 18.0. The SMILES string of the molecule is Cc1cc(N(C)c2nc(C(=O)O)c(CCCOC3CCCCC3)s2)nnc1Nc1nc2ccccc2s1. The minimum Gasteiger partial charge on any atom is -0.476 e. The number of ether oxygens (including phenoxy) is 1. The Hall–Kier alpha value is -3.15. The zero-order chi connectivity index (χ0) is 25.8. The van der Waals surface area contributed by atoms with Gasteiger partial charge < -0.3 is 20.1 Å². The van der Waals surface area contributed by atoms with E-state index in [2.05, 4.69) is 25.5 Å². The molecule has 0 radical (unpaired) electrons. The molecule has 0 bridgehead atoms. The Morgan fingerprint density at radius 3 is 2.73 bits per heavy atom. The Balaban J connectivity index is 1.25. The van der Waals surface area contributed by atoms with Gasteiger partial charge >= 0.3 is 5.97 Å². The zero-order valence-corrected chi connectivity index (χ0v) is 22.6. The molecule has 0 unspecified atom stereocenters. The van der Waals surface area contributed by atoms with Crippen LogP contribution in [0.4, 0.5) is 21.9 Å². The molecular formula is C26H30N6O3S2. The second-order valence-electron chi connectivity index (χ2n) is 9.21. The minimum absolute atomic E-state index is 0.100. The summed E-state index contributed by atoms with van der Waals surface area (Å²) in [4.78, 5) is 23.4. The van der Waals surface area contributed by atoms with Gasteiger partial charge in [0, 0.05) is 18.5 Å². The number of aryl methyl sites for hydroxylation is 2. The van der Waals surface area contributed by atoms with Crippen molar-refractivity contribution in [3.8, 4) is 0 Å². The highest BCUT2D eigenvalue weighted by Crippen LogP contribution is 2.33. The molecule has 0 saturated heterocycles. The van der Waals surface area contributed by atoms with Crippen LogP contribution in [0.2, 0.25) is 0 Å². The second-order valence-corrected chi connectivity index (χ2v) is 11.3. The summed E-state index contributed by atoms with van der Waals surface area (Å²) in [5.74, 6) is 0.196. The number of anilines is 4. The van der Waals surface area contributed by atoms with Crippen LogP contribution in [0.25, 0.3) is 10.2 Å². The van der Waals surface area contributed by atoms with Crippen LogP contribution in [0.1, 0.15) is 59.5 Å². The van der Waals surface area contributed by atoms with Crippen molar-refractivity contribution in [1.29, 1.82) is 0 Å². The van der Waals surface area contributed by atoms with Gasteiger partial charge in [0.1, 0.15) is 0 Å². The number of aromatic nitrogens is 4. The van der Waals surface area contributed by atoms with E-state index >= 15 is 0 Å². The zero-order valence-electron chi connectivity index (χ0n) is 20.9. The summed E-state index contributed by atoms with van der Waals surface area (Å²) >= 11 is 2.94. The molecule has 3 aromatic heterocycles. The number of hydrogen-bond acceptors (Lipinski definition) is 10. The number of aromatic carboxylic acids is 1. The van der Waals surface area contributed by atoms with Gasteiger partial charge in [-0.2, -0.15) is 0 Å². The largest absolute Gasteiger partial charge is 0.476 e. The molecule has 194 valence electrons. The summed E-state index contributed by atoms with van der Waals surface area (Å²) in [6.45, 7) is 2.59. The van der Waals surface area contributed by atoms with Crippen molar-refractivity contribution in [2.45, 2.75) is 58.0 Å². The van der Waals surface area contributed by atoms with Crippen molar-refractivity contribution in [2.75, 3.05) is 23.9 Å². The molecule has 37 heavy (non-hydrogen) atoms. The van der Waals surface area contributed by atoms with Gasteiger partial charge in [-0.1, -0.05) is 42.7 Å². The first kappa shape index (κ1) is 25.5. The first-order valence-electron chi connectivity index (χ1n) is 12.5. The van der Waals surface area contributed by atoms with Crippen LogP contribution in [-0.2, 0) is 11.2 Å². The Bertz CT molecular complexity index is 1350. The maximum Gasteiger partial charge on any atom is 0.355 e. The number of para-hydroxylation sites is 1. The normalized spacial score (nSPS) is 14.2. The molecule has 4 aromatic rings. The second kappa shape index (κ2) is 11.5. The predicted molar refractivity (Wildman–Crippen MR) is 148 cm³/mol. The molecule has 0 spiro atoms. The van der Waals surface area contributed by atoms with E-state index in [1.165, 1.54) is 30.6 Å². The number of thiazole rings is 2. The van der Waals surface area contributed by atoms with E-state index in [1.54, 1.807) is 16.2 Å². The summed E-state index contributed by atoms with van der Waals surface area (Å²) in [5, 5.41) is 23.0. The smallest absolute Gasteiger partial charge is 0.355 e.